The van der Waals surface area contributed by atoms with Crippen LogP contribution >= 0.6 is 0 Å². The average molecular weight is 157 g/mol. The van der Waals surface area contributed by atoms with E-state index >= 15 is 0 Å². The van der Waals surface area contributed by atoms with E-state index in [1.54, 1.807) is 12.2 Å². The van der Waals surface area contributed by atoms with Crippen molar-refractivity contribution in [3.8, 4) is 0 Å². The Morgan fingerprint density at radius 2 is 1.67 bits per heavy atom. The minimum absolute atomic E-state index is 0.714. The van der Waals surface area contributed by atoms with Crippen molar-refractivity contribution < 1.29 is 4.80 Å². The second-order valence-electron chi connectivity index (χ2n) is 2.44. The van der Waals surface area contributed by atoms with Gasteiger partial charge in [-0.3, -0.25) is 0 Å². The van der Waals surface area contributed by atoms with Crippen LogP contribution in [0.5, 0.6) is 0 Å². The highest BCUT2D eigenvalue weighted by molar-refractivity contribution is 7.12. The molecule has 0 unspecified atom stereocenters. The zero-order valence-corrected chi connectivity index (χ0v) is 8.89. The molecule has 0 aliphatic carbocycles. The highest BCUT2D eigenvalue weighted by Crippen LogP contribution is 2.08. The molecule has 0 fully saturated rings. The lowest BCUT2D eigenvalue weighted by molar-refractivity contribution is 0.442. The first-order valence-electron chi connectivity index (χ1n) is 3.04. The lowest BCUT2D eigenvalue weighted by Crippen LogP contribution is -2.31. The molecule has 51 valence electrons. The highest BCUT2D eigenvalue weighted by Gasteiger charge is 2.22. The molecule has 0 bridgehead atoms. The molecule has 1 radical (unpaired) electrons. The van der Waals surface area contributed by atoms with Crippen LogP contribution in [0.2, 0.25) is 12.1 Å². The van der Waals surface area contributed by atoms with Crippen molar-refractivity contribution in [1.29, 1.82) is 0 Å². The SMILES string of the molecule is C=CC[Si]([O])([SiH3])CC=C. The van der Waals surface area contributed by atoms with Gasteiger partial charge < -0.3 is 4.80 Å². The smallest absolute Gasteiger partial charge is 0.220 e. The largest absolute Gasteiger partial charge is 0.302 e. The molecule has 0 rings (SSSR count). The molecule has 1 nitrogen and oxygen atoms in total. The summed E-state index contributed by atoms with van der Waals surface area (Å²) in [4.78, 5) is 11.4. The molecule has 0 spiro atoms. The Bertz CT molecular complexity index is 97.6. The first-order valence-corrected chi connectivity index (χ1v) is 8.87. The van der Waals surface area contributed by atoms with E-state index < -0.39 is 7.83 Å². The van der Waals surface area contributed by atoms with Crippen LogP contribution in [0.15, 0.2) is 25.3 Å². The topological polar surface area (TPSA) is 19.9 Å². The van der Waals surface area contributed by atoms with Crippen molar-refractivity contribution in [3.63, 3.8) is 0 Å². The molecule has 0 aromatic rings. The zero-order valence-electron chi connectivity index (χ0n) is 5.89. The van der Waals surface area contributed by atoms with Crippen LogP contribution in [0.4, 0.5) is 0 Å². The molecular weight excluding hydrogens is 144 g/mol. The second-order valence-corrected chi connectivity index (χ2v) is 11.6. The number of hydrogen-bond donors (Lipinski definition) is 0. The summed E-state index contributed by atoms with van der Waals surface area (Å²) in [5, 5.41) is 0. The molecule has 0 saturated heterocycles. The molecule has 0 aromatic heterocycles. The fraction of sp³-hybridized carbons (Fsp3) is 0.333. The predicted octanol–water partition coefficient (Wildman–Crippen LogP) is 0.596. The Balaban J connectivity index is 3.68. The number of rotatable bonds is 4. The summed E-state index contributed by atoms with van der Waals surface area (Å²) >= 11 is 0. The maximum Gasteiger partial charge on any atom is 0.220 e. The molecule has 3 heteroatoms. The van der Waals surface area contributed by atoms with E-state index in [0.717, 1.165) is 9.76 Å². The van der Waals surface area contributed by atoms with Gasteiger partial charge in [0.25, 0.3) is 0 Å². The van der Waals surface area contributed by atoms with Crippen LogP contribution < -0.4 is 0 Å². The fourth-order valence-corrected chi connectivity index (χ4v) is 3.81. The van der Waals surface area contributed by atoms with Crippen LogP contribution in [0.3, 0.4) is 0 Å². The summed E-state index contributed by atoms with van der Waals surface area (Å²) in [6, 6.07) is 1.43. The lowest BCUT2D eigenvalue weighted by Gasteiger charge is -2.11. The van der Waals surface area contributed by atoms with Gasteiger partial charge in [0.2, 0.25) is 7.83 Å². The van der Waals surface area contributed by atoms with E-state index in [2.05, 4.69) is 13.2 Å². The first-order chi connectivity index (χ1) is 4.12. The van der Waals surface area contributed by atoms with Gasteiger partial charge in [0.15, 0.2) is 0 Å². The summed E-state index contributed by atoms with van der Waals surface area (Å²) < 4.78 is 0. The molecule has 9 heavy (non-hydrogen) atoms. The van der Waals surface area contributed by atoms with Crippen molar-refractivity contribution in [2.45, 2.75) is 12.1 Å². The van der Waals surface area contributed by atoms with Gasteiger partial charge in [-0.1, -0.05) is 12.2 Å². The van der Waals surface area contributed by atoms with E-state index in [-0.39, 0.29) is 0 Å². The quantitative estimate of drug-likeness (QED) is 0.421. The lowest BCUT2D eigenvalue weighted by atomic mass is 10.7. The third-order valence-electron chi connectivity index (χ3n) is 1.15. The van der Waals surface area contributed by atoms with E-state index in [1.807, 2.05) is 0 Å². The Kier molecular flexibility index (Phi) is 3.76. The molecule has 0 saturated carbocycles. The predicted molar refractivity (Wildman–Crippen MR) is 46.4 cm³/mol. The normalized spacial score (nSPS) is 11.2. The van der Waals surface area contributed by atoms with Crippen molar-refractivity contribution in [1.82, 2.24) is 0 Å². The average Bonchev–Trinajstić information content (AvgIpc) is 1.64. The van der Waals surface area contributed by atoms with Gasteiger partial charge in [0.1, 0.15) is 0 Å². The Morgan fingerprint density at radius 1 is 1.33 bits per heavy atom. The summed E-state index contributed by atoms with van der Waals surface area (Å²) in [5.74, 6) is 0. The molecule has 0 atom stereocenters. The van der Waals surface area contributed by atoms with Gasteiger partial charge in [-0.15, -0.1) is 13.2 Å². The minimum Gasteiger partial charge on any atom is -0.302 e. The van der Waals surface area contributed by atoms with Crippen molar-refractivity contribution >= 4 is 17.6 Å². The van der Waals surface area contributed by atoms with E-state index in [4.69, 9.17) is 0 Å². The summed E-state index contributed by atoms with van der Waals surface area (Å²) in [6.45, 7) is 7.10. The van der Waals surface area contributed by atoms with Crippen molar-refractivity contribution in [2.75, 3.05) is 0 Å². The zero-order chi connectivity index (χ0) is 7.33. The van der Waals surface area contributed by atoms with Gasteiger partial charge >= 0.3 is 0 Å². The number of hydrogen-bond acceptors (Lipinski definition) is 0. The molecule has 0 amide bonds. The third-order valence-corrected chi connectivity index (χ3v) is 5.91. The Hall–Kier alpha value is -0.126. The van der Waals surface area contributed by atoms with Gasteiger partial charge in [0, 0.05) is 9.76 Å². The van der Waals surface area contributed by atoms with E-state index in [1.165, 1.54) is 0 Å². The van der Waals surface area contributed by atoms with Crippen LogP contribution in [0.25, 0.3) is 0 Å². The van der Waals surface area contributed by atoms with Gasteiger partial charge in [-0.05, 0) is 12.1 Å². The molecule has 0 N–H and O–H groups in total. The fourth-order valence-electron chi connectivity index (χ4n) is 0.694. The summed E-state index contributed by atoms with van der Waals surface area (Å²) in [7, 11) is -1.24. The molecule has 0 aliphatic heterocycles. The van der Waals surface area contributed by atoms with Crippen LogP contribution in [0.1, 0.15) is 0 Å². The number of allylic oxidation sites excluding steroid dienone is 2. The monoisotopic (exact) mass is 157 g/mol. The maximum atomic E-state index is 11.4. The highest BCUT2D eigenvalue weighted by atomic mass is 29.2. The molecular formula is C6H13OSi2. The Morgan fingerprint density at radius 3 is 1.89 bits per heavy atom. The summed E-state index contributed by atoms with van der Waals surface area (Å²) in [6.07, 6.45) is 3.49. The van der Waals surface area contributed by atoms with Crippen LogP contribution in [-0.2, 0) is 4.80 Å². The van der Waals surface area contributed by atoms with Gasteiger partial charge in [0.05, 0.1) is 0 Å². The van der Waals surface area contributed by atoms with Gasteiger partial charge in [-0.25, -0.2) is 0 Å². The first kappa shape index (κ1) is 8.87. The second kappa shape index (κ2) is 3.82. The molecule has 0 aliphatic rings. The van der Waals surface area contributed by atoms with Crippen molar-refractivity contribution in [3.05, 3.63) is 25.3 Å². The van der Waals surface area contributed by atoms with E-state index in [0.29, 0.717) is 12.1 Å². The molecule has 0 heterocycles. The van der Waals surface area contributed by atoms with Gasteiger partial charge in [-0.2, -0.15) is 0 Å². The molecule has 0 aromatic carbocycles. The Labute approximate surface area is 60.4 Å². The minimum atomic E-state index is -2.05. The maximum absolute atomic E-state index is 11.4. The third kappa shape index (κ3) is 4.38. The van der Waals surface area contributed by atoms with Crippen LogP contribution in [0, 0.1) is 0 Å². The van der Waals surface area contributed by atoms with Crippen LogP contribution in [-0.4, -0.2) is 17.6 Å². The van der Waals surface area contributed by atoms with E-state index in [9.17, 15) is 4.80 Å². The standard InChI is InChI=1S/C6H13OSi2/c1-3-5-9(7,8)6-4-2/h3-4H,1-2,5-6H2,8H3. The summed E-state index contributed by atoms with van der Waals surface area (Å²) in [5.41, 5.74) is 0. The van der Waals surface area contributed by atoms with Crippen molar-refractivity contribution in [2.24, 2.45) is 0 Å².